The number of aliphatic hydroxyl groups is 1. The maximum Gasteiger partial charge on any atom is 0.311 e. The molecule has 3 rings (SSSR count). The highest BCUT2D eigenvalue weighted by molar-refractivity contribution is 6.46. The van der Waals surface area contributed by atoms with E-state index in [1.54, 1.807) is 13.8 Å². The van der Waals surface area contributed by atoms with Crippen molar-refractivity contribution < 1.29 is 9.76 Å². The summed E-state index contributed by atoms with van der Waals surface area (Å²) in [6.07, 6.45) is 1.88. The first-order chi connectivity index (χ1) is 13.5. The predicted molar refractivity (Wildman–Crippen MR) is 128 cm³/mol. The van der Waals surface area contributed by atoms with E-state index in [1.165, 1.54) is 11.1 Å². The van der Waals surface area contributed by atoms with Crippen molar-refractivity contribution in [2.45, 2.75) is 91.3 Å². The molecule has 0 saturated heterocycles. The summed E-state index contributed by atoms with van der Waals surface area (Å²) in [6.45, 7) is 21.6. The Morgan fingerprint density at radius 3 is 2.00 bits per heavy atom. The molecule has 1 N–H and O–H groups in total. The first-order valence-corrected chi connectivity index (χ1v) is 11.0. The van der Waals surface area contributed by atoms with Crippen LogP contribution in [0.3, 0.4) is 0 Å². The SMILES string of the molecule is CC(C)(O)C(C)(C)OBc1ccc(-c2ccc3c(c2)C(C)(C)C(C)(C)C3(C)C)nc1. The molecular formula is C26H38BNO2. The second kappa shape index (κ2) is 6.93. The Kier molecular flexibility index (Phi) is 5.32. The minimum atomic E-state index is -0.918. The minimum Gasteiger partial charge on any atom is -0.427 e. The molecule has 1 heterocycles. The second-order valence-corrected chi connectivity index (χ2v) is 11.5. The number of nitrogens with zero attached hydrogens (tertiary/aromatic N) is 1. The molecule has 30 heavy (non-hydrogen) atoms. The van der Waals surface area contributed by atoms with Gasteiger partial charge >= 0.3 is 7.48 Å². The van der Waals surface area contributed by atoms with E-state index < -0.39 is 11.2 Å². The van der Waals surface area contributed by atoms with Gasteiger partial charge in [0.05, 0.1) is 16.9 Å². The van der Waals surface area contributed by atoms with Gasteiger partial charge in [-0.2, -0.15) is 0 Å². The molecule has 0 amide bonds. The second-order valence-electron chi connectivity index (χ2n) is 11.5. The predicted octanol–water partition coefficient (Wildman–Crippen LogP) is 4.89. The Morgan fingerprint density at radius 2 is 1.47 bits per heavy atom. The van der Waals surface area contributed by atoms with Crippen molar-refractivity contribution in [2.24, 2.45) is 5.41 Å². The lowest BCUT2D eigenvalue weighted by Crippen LogP contribution is -2.49. The van der Waals surface area contributed by atoms with Gasteiger partial charge in [0.1, 0.15) is 0 Å². The molecule has 1 aromatic heterocycles. The average Bonchev–Trinajstić information content (AvgIpc) is 2.74. The van der Waals surface area contributed by atoms with Gasteiger partial charge in [0.15, 0.2) is 0 Å². The lowest BCUT2D eigenvalue weighted by atomic mass is 9.59. The summed E-state index contributed by atoms with van der Waals surface area (Å²) in [7, 11) is 0.421. The fraction of sp³-hybridized carbons (Fsp3) is 0.577. The molecule has 1 aliphatic carbocycles. The van der Waals surface area contributed by atoms with Gasteiger partial charge in [-0.1, -0.05) is 59.7 Å². The summed E-state index contributed by atoms with van der Waals surface area (Å²) >= 11 is 0. The normalized spacial score (nSPS) is 19.4. The Bertz CT molecular complexity index is 934. The van der Waals surface area contributed by atoms with Gasteiger partial charge < -0.3 is 9.76 Å². The molecule has 0 atom stereocenters. The van der Waals surface area contributed by atoms with Gasteiger partial charge in [0.25, 0.3) is 0 Å². The zero-order valence-corrected chi connectivity index (χ0v) is 20.5. The smallest absolute Gasteiger partial charge is 0.311 e. The Morgan fingerprint density at radius 1 is 0.867 bits per heavy atom. The fourth-order valence-corrected chi connectivity index (χ4v) is 4.34. The van der Waals surface area contributed by atoms with Crippen molar-refractivity contribution in [1.29, 1.82) is 0 Å². The van der Waals surface area contributed by atoms with Crippen LogP contribution < -0.4 is 5.46 Å². The summed E-state index contributed by atoms with van der Waals surface area (Å²) in [6, 6.07) is 11.0. The average molecular weight is 407 g/mol. The molecule has 2 aromatic rings. The molecule has 0 fully saturated rings. The standard InChI is InChI=1S/C26H38BNO2/c1-22(2)19-13-11-17(15-20(19)23(3,4)24(22,5)6)21-14-12-18(16-28-21)27-30-26(9,10)25(7,8)29/h11-16,27,29H,1-10H3. The molecule has 162 valence electrons. The summed E-state index contributed by atoms with van der Waals surface area (Å²) in [5, 5.41) is 10.3. The first kappa shape index (κ1) is 23.0. The van der Waals surface area contributed by atoms with Gasteiger partial charge in [-0.15, -0.1) is 0 Å². The highest BCUT2D eigenvalue weighted by atomic mass is 16.5. The Balaban J connectivity index is 1.86. The van der Waals surface area contributed by atoms with Gasteiger partial charge in [0, 0.05) is 11.8 Å². The van der Waals surface area contributed by atoms with Crippen LogP contribution in [0.15, 0.2) is 36.5 Å². The van der Waals surface area contributed by atoms with E-state index in [-0.39, 0.29) is 16.2 Å². The number of aromatic nitrogens is 1. The van der Waals surface area contributed by atoms with Crippen LogP contribution in [0.5, 0.6) is 0 Å². The van der Waals surface area contributed by atoms with Crippen LogP contribution in [-0.2, 0) is 15.5 Å². The molecule has 1 aliphatic rings. The minimum absolute atomic E-state index is 0.0817. The zero-order valence-electron chi connectivity index (χ0n) is 20.5. The quantitative estimate of drug-likeness (QED) is 0.718. The van der Waals surface area contributed by atoms with Crippen molar-refractivity contribution in [1.82, 2.24) is 4.98 Å². The van der Waals surface area contributed by atoms with Gasteiger partial charge in [-0.25, -0.2) is 0 Å². The molecule has 3 nitrogen and oxygen atoms in total. The van der Waals surface area contributed by atoms with E-state index in [9.17, 15) is 5.11 Å². The fourth-order valence-electron chi connectivity index (χ4n) is 4.34. The molecule has 0 radical (unpaired) electrons. The van der Waals surface area contributed by atoms with E-state index in [1.807, 2.05) is 20.0 Å². The van der Waals surface area contributed by atoms with E-state index in [0.29, 0.717) is 7.48 Å². The number of hydrogen-bond donors (Lipinski definition) is 1. The lowest BCUT2D eigenvalue weighted by molar-refractivity contribution is -0.0893. The van der Waals surface area contributed by atoms with Gasteiger partial charge in [0.2, 0.25) is 0 Å². The number of fused-ring (bicyclic) bond motifs is 1. The van der Waals surface area contributed by atoms with E-state index in [0.717, 1.165) is 16.7 Å². The molecule has 0 spiro atoms. The highest BCUT2D eigenvalue weighted by Crippen LogP contribution is 2.61. The summed E-state index contributed by atoms with van der Waals surface area (Å²) in [5.74, 6) is 0. The Labute approximate surface area is 183 Å². The van der Waals surface area contributed by atoms with Crippen molar-refractivity contribution in [3.8, 4) is 11.3 Å². The van der Waals surface area contributed by atoms with Gasteiger partial charge in [-0.3, -0.25) is 4.98 Å². The van der Waals surface area contributed by atoms with E-state index >= 15 is 0 Å². The van der Waals surface area contributed by atoms with Crippen molar-refractivity contribution in [3.05, 3.63) is 47.7 Å². The molecule has 4 heteroatoms. The Hall–Kier alpha value is -1.65. The van der Waals surface area contributed by atoms with Crippen LogP contribution in [0.1, 0.15) is 80.4 Å². The van der Waals surface area contributed by atoms with Crippen molar-refractivity contribution in [3.63, 3.8) is 0 Å². The van der Waals surface area contributed by atoms with E-state index in [4.69, 9.17) is 9.64 Å². The van der Waals surface area contributed by atoms with Crippen LogP contribution >= 0.6 is 0 Å². The lowest BCUT2D eigenvalue weighted by Gasteiger charge is -2.44. The molecule has 0 unspecified atom stereocenters. The van der Waals surface area contributed by atoms with Crippen molar-refractivity contribution in [2.75, 3.05) is 0 Å². The largest absolute Gasteiger partial charge is 0.427 e. The van der Waals surface area contributed by atoms with Crippen LogP contribution in [0.25, 0.3) is 11.3 Å². The summed E-state index contributed by atoms with van der Waals surface area (Å²) < 4.78 is 5.97. The number of hydrogen-bond acceptors (Lipinski definition) is 3. The number of benzene rings is 1. The summed E-state index contributed by atoms with van der Waals surface area (Å²) in [4.78, 5) is 4.72. The maximum atomic E-state index is 10.3. The van der Waals surface area contributed by atoms with Crippen LogP contribution in [-0.4, -0.2) is 28.8 Å². The monoisotopic (exact) mass is 407 g/mol. The number of pyridine rings is 1. The first-order valence-electron chi connectivity index (χ1n) is 11.0. The third-order valence-electron chi connectivity index (χ3n) is 8.68. The zero-order chi connectivity index (χ0) is 22.8. The van der Waals surface area contributed by atoms with Crippen molar-refractivity contribution >= 4 is 12.9 Å². The number of rotatable bonds is 5. The van der Waals surface area contributed by atoms with Crippen LogP contribution in [0.4, 0.5) is 0 Å². The summed E-state index contributed by atoms with van der Waals surface area (Å²) in [5.41, 5.74) is 4.79. The molecular weight excluding hydrogens is 369 g/mol. The third-order valence-corrected chi connectivity index (χ3v) is 8.68. The van der Waals surface area contributed by atoms with Crippen LogP contribution in [0, 0.1) is 5.41 Å². The third kappa shape index (κ3) is 3.42. The molecule has 0 bridgehead atoms. The molecule has 0 aliphatic heterocycles. The molecule has 0 saturated carbocycles. The topological polar surface area (TPSA) is 42.4 Å². The highest BCUT2D eigenvalue weighted by Gasteiger charge is 2.56. The molecule has 1 aromatic carbocycles. The van der Waals surface area contributed by atoms with Gasteiger partial charge in [-0.05, 0) is 72.7 Å². The maximum absolute atomic E-state index is 10.3. The van der Waals surface area contributed by atoms with Crippen LogP contribution in [0.2, 0.25) is 0 Å². The van der Waals surface area contributed by atoms with E-state index in [2.05, 4.69) is 71.9 Å².